The normalized spacial score (nSPS) is 33.4. The van der Waals surface area contributed by atoms with E-state index in [2.05, 4.69) is 10.6 Å². The number of phenolic OH excluding ortho intramolecular Hbond substituents is 1. The van der Waals surface area contributed by atoms with Crippen LogP contribution in [-0.2, 0) is 20.8 Å². The number of carbonyl (C=O) groups is 4. The predicted octanol–water partition coefficient (Wildman–Crippen LogP) is 0.606. The van der Waals surface area contributed by atoms with Crippen molar-refractivity contribution in [3.8, 4) is 5.75 Å². The van der Waals surface area contributed by atoms with Crippen LogP contribution < -0.4 is 15.5 Å². The molecule has 2 unspecified atom stereocenters. The van der Waals surface area contributed by atoms with E-state index in [1.165, 1.54) is 13.0 Å². The third-order valence-corrected chi connectivity index (χ3v) is 8.80. The van der Waals surface area contributed by atoms with Gasteiger partial charge in [0.15, 0.2) is 17.2 Å². The van der Waals surface area contributed by atoms with Crippen LogP contribution in [0.15, 0.2) is 17.4 Å². The largest absolute Gasteiger partial charge is 0.509 e. The average molecular weight is 528 g/mol. The van der Waals surface area contributed by atoms with Gasteiger partial charge in [-0.2, -0.15) is 0 Å². The molecule has 5 atom stereocenters. The summed E-state index contributed by atoms with van der Waals surface area (Å²) in [6, 6.07) is 1.54. The highest BCUT2D eigenvalue weighted by molar-refractivity contribution is 6.33. The van der Waals surface area contributed by atoms with E-state index in [4.69, 9.17) is 0 Å². The zero-order valence-corrected chi connectivity index (χ0v) is 22.2. The Balaban J connectivity index is 1.69. The lowest BCUT2D eigenvalue weighted by atomic mass is 9.58. The second kappa shape index (κ2) is 7.64. The first-order valence-electron chi connectivity index (χ1n) is 12.6. The minimum atomic E-state index is -2.65. The van der Waals surface area contributed by atoms with Crippen LogP contribution in [0.4, 0.5) is 11.4 Å². The number of aliphatic hydroxyl groups excluding tert-OH is 1. The van der Waals surface area contributed by atoms with Crippen molar-refractivity contribution >= 4 is 34.6 Å². The highest BCUT2D eigenvalue weighted by atomic mass is 16.4. The number of hydrogen-bond donors (Lipinski definition) is 6. The van der Waals surface area contributed by atoms with Gasteiger partial charge in [-0.15, -0.1) is 0 Å². The van der Waals surface area contributed by atoms with Crippen molar-refractivity contribution in [3.05, 3.63) is 28.5 Å². The number of anilines is 2. The molecular weight excluding hydrogens is 494 g/mol. The molecule has 0 heterocycles. The first-order chi connectivity index (χ1) is 17.5. The topological polar surface area (TPSA) is 176 Å². The molecule has 1 spiro atoms. The highest BCUT2D eigenvalue weighted by Crippen LogP contribution is 2.73. The molecule has 38 heavy (non-hydrogen) atoms. The molecule has 204 valence electrons. The van der Waals surface area contributed by atoms with E-state index in [0.29, 0.717) is 11.3 Å². The molecule has 1 amide bonds. The van der Waals surface area contributed by atoms with Crippen molar-refractivity contribution < 1.29 is 39.6 Å². The lowest BCUT2D eigenvalue weighted by molar-refractivity contribution is -0.158. The molecule has 5 rings (SSSR count). The summed E-state index contributed by atoms with van der Waals surface area (Å²) in [5.41, 5.74) is -7.69. The molecular formula is C27H33N3O8. The summed E-state index contributed by atoms with van der Waals surface area (Å²) in [5, 5.41) is 51.1. The third-order valence-electron chi connectivity index (χ3n) is 8.80. The standard InChI is InChI=1S/C27H33N3O8/c1-11-20(33)26(37)16-8-12-7-13-15(30(5)6)9-14(29-17(31)10-28-24(2,3)4)19(32)18(13)22(35)25(12,23(26)36)27(16,38)21(11)34/h9,12,16,28,32,34,37-38H,7-8,10H2,1-6H3,(H,29,31)/t12?,16-,25?,26-,27+/m1/s1. The molecule has 11 nitrogen and oxygen atoms in total. The van der Waals surface area contributed by atoms with Gasteiger partial charge in [0.2, 0.25) is 11.7 Å². The number of phenols is 1. The summed E-state index contributed by atoms with van der Waals surface area (Å²) >= 11 is 0. The lowest BCUT2D eigenvalue weighted by Gasteiger charge is -2.43. The van der Waals surface area contributed by atoms with E-state index in [9.17, 15) is 39.6 Å². The monoisotopic (exact) mass is 527 g/mol. The summed E-state index contributed by atoms with van der Waals surface area (Å²) < 4.78 is 0. The van der Waals surface area contributed by atoms with Crippen LogP contribution in [0.3, 0.4) is 0 Å². The summed E-state index contributed by atoms with van der Waals surface area (Å²) in [4.78, 5) is 55.6. The third kappa shape index (κ3) is 2.84. The van der Waals surface area contributed by atoms with Gasteiger partial charge in [-0.1, -0.05) is 0 Å². The molecule has 4 aliphatic rings. The Bertz CT molecular complexity index is 1380. The van der Waals surface area contributed by atoms with Gasteiger partial charge in [0.25, 0.3) is 0 Å². The second-order valence-corrected chi connectivity index (χ2v) is 12.2. The molecule has 6 N–H and O–H groups in total. The summed E-state index contributed by atoms with van der Waals surface area (Å²) in [7, 11) is 3.44. The zero-order chi connectivity index (χ0) is 28.3. The number of benzene rings is 1. The Morgan fingerprint density at radius 1 is 1.13 bits per heavy atom. The van der Waals surface area contributed by atoms with Crippen molar-refractivity contribution in [2.75, 3.05) is 30.9 Å². The number of nitrogens with zero attached hydrogens (tertiary/aromatic N) is 1. The van der Waals surface area contributed by atoms with Gasteiger partial charge in [0.05, 0.1) is 17.8 Å². The maximum absolute atomic E-state index is 14.4. The van der Waals surface area contributed by atoms with E-state index in [1.807, 2.05) is 20.8 Å². The second-order valence-electron chi connectivity index (χ2n) is 12.2. The predicted molar refractivity (Wildman–Crippen MR) is 136 cm³/mol. The van der Waals surface area contributed by atoms with Crippen LogP contribution in [0.5, 0.6) is 5.75 Å². The van der Waals surface area contributed by atoms with E-state index in [-0.39, 0.29) is 41.7 Å². The molecule has 11 heteroatoms. The van der Waals surface area contributed by atoms with E-state index >= 15 is 0 Å². The zero-order valence-electron chi connectivity index (χ0n) is 22.2. The average Bonchev–Trinajstić information content (AvgIpc) is 3.17. The number of carbonyl (C=O) groups excluding carboxylic acids is 4. The molecule has 4 bridgehead atoms. The first kappa shape index (κ1) is 26.3. The SMILES string of the molecule is CC1=C(O)[C@@]2(O)[C@@H]3CC4Cc5c(N(C)C)cc(NC(=O)CNC(C)(C)C)c(O)c5C(=O)C42C(=O)[C@]3(O)C1=O. The smallest absolute Gasteiger partial charge is 0.238 e. The maximum atomic E-state index is 14.4. The van der Waals surface area contributed by atoms with Gasteiger partial charge in [-0.05, 0) is 58.1 Å². The number of rotatable bonds is 4. The molecule has 2 saturated carbocycles. The first-order valence-corrected chi connectivity index (χ1v) is 12.6. The van der Waals surface area contributed by atoms with E-state index in [1.54, 1.807) is 19.0 Å². The fraction of sp³-hybridized carbons (Fsp3) is 0.556. The summed E-state index contributed by atoms with van der Waals surface area (Å²) in [5.74, 6) is -7.30. The fourth-order valence-electron chi connectivity index (χ4n) is 7.13. The number of aromatic hydroxyl groups is 1. The van der Waals surface area contributed by atoms with Gasteiger partial charge < -0.3 is 36.0 Å². The molecule has 0 aliphatic heterocycles. The number of Topliss-reactive ketones (excluding diaryl/α,β-unsaturated/α-hetero) is 3. The van der Waals surface area contributed by atoms with Crippen LogP contribution in [0.25, 0.3) is 0 Å². The summed E-state index contributed by atoms with van der Waals surface area (Å²) in [6.07, 6.45) is 0.000686. The lowest BCUT2D eigenvalue weighted by Crippen LogP contribution is -2.59. The molecule has 1 aromatic carbocycles. The van der Waals surface area contributed by atoms with Crippen LogP contribution in [0.1, 0.15) is 50.0 Å². The van der Waals surface area contributed by atoms with Crippen molar-refractivity contribution in [2.45, 2.75) is 57.3 Å². The number of ketones is 3. The Labute approximate surface area is 219 Å². The fourth-order valence-corrected chi connectivity index (χ4v) is 7.13. The molecule has 2 fully saturated rings. The van der Waals surface area contributed by atoms with Crippen molar-refractivity contribution in [1.82, 2.24) is 5.32 Å². The highest BCUT2D eigenvalue weighted by Gasteiger charge is 2.89. The Hall–Kier alpha value is -3.28. The molecule has 0 radical (unpaired) electrons. The molecule has 0 saturated heterocycles. The Morgan fingerprint density at radius 2 is 1.76 bits per heavy atom. The van der Waals surface area contributed by atoms with Crippen molar-refractivity contribution in [2.24, 2.45) is 17.3 Å². The number of nitrogens with one attached hydrogen (secondary N) is 2. The van der Waals surface area contributed by atoms with Crippen LogP contribution in [0.2, 0.25) is 0 Å². The van der Waals surface area contributed by atoms with Gasteiger partial charge in [-0.3, -0.25) is 19.2 Å². The molecule has 4 aliphatic carbocycles. The minimum absolute atomic E-state index is 0.0579. The minimum Gasteiger partial charge on any atom is -0.509 e. The number of fused-ring (bicyclic) bond motifs is 1. The number of amides is 1. The number of aliphatic hydroxyl groups is 3. The quantitative estimate of drug-likeness (QED) is 0.240. The summed E-state index contributed by atoms with van der Waals surface area (Å²) in [6.45, 7) is 6.76. The van der Waals surface area contributed by atoms with E-state index < -0.39 is 63.2 Å². The Kier molecular flexibility index (Phi) is 5.30. The van der Waals surface area contributed by atoms with Crippen LogP contribution in [-0.4, -0.2) is 81.1 Å². The van der Waals surface area contributed by atoms with Gasteiger partial charge in [0.1, 0.15) is 22.5 Å². The van der Waals surface area contributed by atoms with Crippen LogP contribution >= 0.6 is 0 Å². The molecule has 0 aromatic heterocycles. The van der Waals surface area contributed by atoms with Gasteiger partial charge >= 0.3 is 0 Å². The van der Waals surface area contributed by atoms with Gasteiger partial charge in [0, 0.05) is 36.8 Å². The number of hydrogen-bond acceptors (Lipinski definition) is 10. The van der Waals surface area contributed by atoms with Crippen LogP contribution in [0, 0.1) is 17.3 Å². The van der Waals surface area contributed by atoms with E-state index in [0.717, 1.165) is 0 Å². The van der Waals surface area contributed by atoms with Crippen molar-refractivity contribution in [1.29, 1.82) is 0 Å². The Morgan fingerprint density at radius 3 is 2.34 bits per heavy atom. The maximum Gasteiger partial charge on any atom is 0.238 e. The van der Waals surface area contributed by atoms with Crippen molar-refractivity contribution in [3.63, 3.8) is 0 Å². The van der Waals surface area contributed by atoms with Gasteiger partial charge in [-0.25, -0.2) is 0 Å². The molecule has 1 aromatic rings.